The molecule has 0 unspecified atom stereocenters. The molecule has 0 atom stereocenters. The summed E-state index contributed by atoms with van der Waals surface area (Å²) in [6.45, 7) is 2.17. The van der Waals surface area contributed by atoms with Crippen LogP contribution in [0.4, 0.5) is 14.5 Å². The Morgan fingerprint density at radius 2 is 1.76 bits per heavy atom. The topological polar surface area (TPSA) is 60.3 Å². The average Bonchev–Trinajstić information content (AvgIpc) is 2.82. The van der Waals surface area contributed by atoms with Crippen molar-refractivity contribution in [1.82, 2.24) is 14.5 Å². The molecular weight excluding hydrogens is 505 g/mol. The summed E-state index contributed by atoms with van der Waals surface area (Å²) >= 11 is 13.9. The number of aromatic nitrogens is 3. The molecule has 5 rings (SSSR count). The molecule has 0 bridgehead atoms. The number of benzene rings is 2. The van der Waals surface area contributed by atoms with Crippen molar-refractivity contribution in [3.05, 3.63) is 80.8 Å². The Morgan fingerprint density at radius 1 is 1.03 bits per heavy atom. The molecule has 2 aromatic carbocycles. The van der Waals surface area contributed by atoms with Crippen LogP contribution >= 0.6 is 35.0 Å². The summed E-state index contributed by atoms with van der Waals surface area (Å²) < 4.78 is 34.7. The average molecular weight is 521 g/mol. The third kappa shape index (κ3) is 4.36. The summed E-state index contributed by atoms with van der Waals surface area (Å²) in [6, 6.07) is 10.1. The number of ether oxygens (including phenoxy) is 1. The number of anilines is 1. The zero-order valence-corrected chi connectivity index (χ0v) is 19.8. The van der Waals surface area contributed by atoms with Crippen molar-refractivity contribution in [2.45, 2.75) is 9.92 Å². The van der Waals surface area contributed by atoms with E-state index in [2.05, 4.69) is 4.98 Å². The highest BCUT2D eigenvalue weighted by atomic mass is 35.5. The van der Waals surface area contributed by atoms with Gasteiger partial charge in [-0.15, -0.1) is 0 Å². The second-order valence-corrected chi connectivity index (χ2v) is 9.28. The van der Waals surface area contributed by atoms with Gasteiger partial charge in [0.15, 0.2) is 0 Å². The highest BCUT2D eigenvalue weighted by Crippen LogP contribution is 2.38. The summed E-state index contributed by atoms with van der Waals surface area (Å²) in [5, 5.41) is 1.05. The van der Waals surface area contributed by atoms with E-state index in [1.54, 1.807) is 24.3 Å². The van der Waals surface area contributed by atoms with E-state index in [0.717, 1.165) is 17.8 Å². The molecule has 0 N–H and O–H groups in total. The lowest BCUT2D eigenvalue weighted by Gasteiger charge is -2.30. The van der Waals surface area contributed by atoms with Crippen molar-refractivity contribution in [2.24, 2.45) is 0 Å². The molecule has 34 heavy (non-hydrogen) atoms. The van der Waals surface area contributed by atoms with Gasteiger partial charge in [-0.25, -0.2) is 18.6 Å². The molecule has 174 valence electrons. The second-order valence-electron chi connectivity index (χ2n) is 7.44. The standard InChI is InChI=1S/C23H16Cl2F2N4O2S/c24-14-2-1-3-15(25)21(14)31-18-11-19(30-6-8-33-9-7-30)22(29-17(18)12-28-23(31)32)34-20-5-4-13(26)10-16(20)27/h1-5,10-12H,6-9H2. The van der Waals surface area contributed by atoms with E-state index in [9.17, 15) is 13.6 Å². The lowest BCUT2D eigenvalue weighted by Crippen LogP contribution is -2.36. The van der Waals surface area contributed by atoms with Crippen LogP contribution in [0.25, 0.3) is 16.7 Å². The highest BCUT2D eigenvalue weighted by Gasteiger charge is 2.22. The van der Waals surface area contributed by atoms with Gasteiger partial charge in [-0.1, -0.05) is 41.0 Å². The van der Waals surface area contributed by atoms with E-state index in [4.69, 9.17) is 32.9 Å². The first-order chi connectivity index (χ1) is 16.4. The van der Waals surface area contributed by atoms with Crippen LogP contribution in [0.1, 0.15) is 0 Å². The maximum atomic E-state index is 14.4. The summed E-state index contributed by atoms with van der Waals surface area (Å²) in [7, 11) is 0. The van der Waals surface area contributed by atoms with Gasteiger partial charge >= 0.3 is 5.69 Å². The van der Waals surface area contributed by atoms with E-state index >= 15 is 0 Å². The Bertz CT molecular complexity index is 1440. The first-order valence-electron chi connectivity index (χ1n) is 10.2. The summed E-state index contributed by atoms with van der Waals surface area (Å²) in [5.41, 5.74) is 1.24. The zero-order valence-electron chi connectivity index (χ0n) is 17.5. The molecule has 1 saturated heterocycles. The molecule has 0 saturated carbocycles. The molecule has 1 aliphatic heterocycles. The normalized spacial score (nSPS) is 14.1. The predicted molar refractivity (Wildman–Crippen MR) is 129 cm³/mol. The van der Waals surface area contributed by atoms with E-state index in [-0.39, 0.29) is 14.9 Å². The van der Waals surface area contributed by atoms with Crippen molar-refractivity contribution < 1.29 is 13.5 Å². The number of para-hydroxylation sites is 1. The van der Waals surface area contributed by atoms with Gasteiger partial charge in [0.2, 0.25) is 0 Å². The number of hydrogen-bond donors (Lipinski definition) is 0. The van der Waals surface area contributed by atoms with Gasteiger partial charge in [0.1, 0.15) is 22.2 Å². The Kier molecular flexibility index (Phi) is 6.44. The fourth-order valence-electron chi connectivity index (χ4n) is 3.73. The van der Waals surface area contributed by atoms with Crippen LogP contribution in [-0.2, 0) is 4.74 Å². The van der Waals surface area contributed by atoms with Crippen molar-refractivity contribution >= 4 is 51.7 Å². The summed E-state index contributed by atoms with van der Waals surface area (Å²) in [6.07, 6.45) is 1.35. The molecular formula is C23H16Cl2F2N4O2S. The number of nitrogens with zero attached hydrogens (tertiary/aromatic N) is 4. The first-order valence-corrected chi connectivity index (χ1v) is 11.8. The van der Waals surface area contributed by atoms with Crippen LogP contribution in [0.2, 0.25) is 10.0 Å². The molecule has 0 amide bonds. The minimum absolute atomic E-state index is 0.221. The first kappa shape index (κ1) is 23.0. The maximum Gasteiger partial charge on any atom is 0.352 e. The van der Waals surface area contributed by atoms with Crippen LogP contribution in [-0.4, -0.2) is 40.8 Å². The molecule has 6 nitrogen and oxygen atoms in total. The van der Waals surface area contributed by atoms with E-state index in [0.29, 0.717) is 53.7 Å². The number of hydrogen-bond acceptors (Lipinski definition) is 6. The van der Waals surface area contributed by atoms with Crippen LogP contribution in [0, 0.1) is 11.6 Å². The number of pyridine rings is 1. The van der Waals surface area contributed by atoms with Gasteiger partial charge in [0.05, 0.1) is 46.3 Å². The van der Waals surface area contributed by atoms with Crippen LogP contribution < -0.4 is 10.6 Å². The fourth-order valence-corrected chi connectivity index (χ4v) is 5.23. The van der Waals surface area contributed by atoms with Crippen LogP contribution in [0.5, 0.6) is 0 Å². The van der Waals surface area contributed by atoms with Gasteiger partial charge in [-0.2, -0.15) is 4.98 Å². The monoisotopic (exact) mass is 520 g/mol. The smallest absolute Gasteiger partial charge is 0.352 e. The third-order valence-electron chi connectivity index (χ3n) is 5.32. The van der Waals surface area contributed by atoms with Crippen LogP contribution in [0.3, 0.4) is 0 Å². The Labute approximate surface area is 207 Å². The molecule has 4 aromatic rings. The molecule has 3 heterocycles. The minimum atomic E-state index is -0.689. The largest absolute Gasteiger partial charge is 0.378 e. The molecule has 11 heteroatoms. The molecule has 1 aliphatic rings. The highest BCUT2D eigenvalue weighted by molar-refractivity contribution is 7.99. The number of halogens is 4. The summed E-state index contributed by atoms with van der Waals surface area (Å²) in [4.78, 5) is 23.8. The molecule has 0 aliphatic carbocycles. The predicted octanol–water partition coefficient (Wildman–Crippen LogP) is 5.35. The van der Waals surface area contributed by atoms with E-state index < -0.39 is 17.3 Å². The third-order valence-corrected chi connectivity index (χ3v) is 6.97. The van der Waals surface area contributed by atoms with Crippen LogP contribution in [0.15, 0.2) is 63.4 Å². The molecule has 2 aromatic heterocycles. The van der Waals surface area contributed by atoms with Crippen molar-refractivity contribution in [2.75, 3.05) is 31.2 Å². The number of fused-ring (bicyclic) bond motifs is 1. The van der Waals surface area contributed by atoms with E-state index in [1.165, 1.54) is 22.9 Å². The van der Waals surface area contributed by atoms with Crippen molar-refractivity contribution in [1.29, 1.82) is 0 Å². The maximum absolute atomic E-state index is 14.4. The van der Waals surface area contributed by atoms with Crippen molar-refractivity contribution in [3.8, 4) is 5.69 Å². The zero-order chi connectivity index (χ0) is 23.8. The molecule has 0 spiro atoms. The fraction of sp³-hybridized carbons (Fsp3) is 0.174. The van der Waals surface area contributed by atoms with Gasteiger partial charge in [-0.3, -0.25) is 4.57 Å². The Hall–Kier alpha value is -2.72. The number of morpholine rings is 1. The van der Waals surface area contributed by atoms with Gasteiger partial charge in [-0.05, 0) is 30.3 Å². The quantitative estimate of drug-likeness (QED) is 0.361. The second kappa shape index (κ2) is 9.50. The SMILES string of the molecule is O=c1ncc2nc(Sc3ccc(F)cc3F)c(N3CCOCC3)cc2n1-c1c(Cl)cccc1Cl. The van der Waals surface area contributed by atoms with Crippen molar-refractivity contribution in [3.63, 3.8) is 0 Å². The van der Waals surface area contributed by atoms with E-state index in [1.807, 2.05) is 4.90 Å². The summed E-state index contributed by atoms with van der Waals surface area (Å²) in [5.74, 6) is -1.35. The lowest BCUT2D eigenvalue weighted by molar-refractivity contribution is 0.122. The Morgan fingerprint density at radius 3 is 2.47 bits per heavy atom. The lowest BCUT2D eigenvalue weighted by atomic mass is 10.2. The minimum Gasteiger partial charge on any atom is -0.378 e. The Balaban J connectivity index is 1.74. The van der Waals surface area contributed by atoms with Gasteiger partial charge in [0.25, 0.3) is 0 Å². The molecule has 1 fully saturated rings. The number of rotatable bonds is 4. The van der Waals surface area contributed by atoms with Gasteiger partial charge in [0, 0.05) is 24.1 Å². The molecule has 0 radical (unpaired) electrons. The van der Waals surface area contributed by atoms with Gasteiger partial charge < -0.3 is 9.64 Å².